The molecule has 4 nitrogen and oxygen atoms in total. The van der Waals surface area contributed by atoms with E-state index >= 15 is 0 Å². The number of likely N-dealkylation sites (tertiary alicyclic amines) is 1. The predicted octanol–water partition coefficient (Wildman–Crippen LogP) is 0.863. The Labute approximate surface area is 120 Å². The second-order valence-electron chi connectivity index (χ2n) is 6.10. The molecule has 3 rings (SSSR count). The molecule has 1 N–H and O–H groups in total. The smallest absolute Gasteiger partial charge is 0.240 e. The number of hydrogen-bond donors (Lipinski definition) is 1. The molecule has 2 aliphatic rings. The highest BCUT2D eigenvalue weighted by Gasteiger charge is 2.33. The Kier molecular flexibility index (Phi) is 3.76. The topological polar surface area (TPSA) is 35.6 Å². The molecule has 0 aliphatic carbocycles. The first-order valence-corrected chi connectivity index (χ1v) is 7.40. The molecular weight excluding hydrogens is 250 g/mol. The number of fused-ring (bicyclic) bond motifs is 1. The van der Waals surface area contributed by atoms with Crippen molar-refractivity contribution in [3.8, 4) is 0 Å². The molecule has 4 heteroatoms. The third-order valence-electron chi connectivity index (χ3n) is 4.58. The number of hydrogen-bond acceptors (Lipinski definition) is 3. The Bertz CT molecular complexity index is 500. The Morgan fingerprint density at radius 2 is 2.05 bits per heavy atom. The second kappa shape index (κ2) is 5.54. The zero-order chi connectivity index (χ0) is 14.1. The van der Waals surface area contributed by atoms with Crippen molar-refractivity contribution >= 4 is 5.91 Å². The lowest BCUT2D eigenvalue weighted by atomic mass is 9.95. The third-order valence-corrected chi connectivity index (χ3v) is 4.58. The lowest BCUT2D eigenvalue weighted by Gasteiger charge is -2.29. The van der Waals surface area contributed by atoms with Crippen LogP contribution >= 0.6 is 0 Å². The molecule has 0 aromatic heterocycles. The van der Waals surface area contributed by atoms with Crippen molar-refractivity contribution in [2.45, 2.75) is 31.5 Å². The van der Waals surface area contributed by atoms with Crippen LogP contribution in [0.5, 0.6) is 0 Å². The number of nitrogens with zero attached hydrogens (tertiary/aromatic N) is 2. The third kappa shape index (κ3) is 2.58. The van der Waals surface area contributed by atoms with E-state index in [1.165, 1.54) is 11.1 Å². The first kappa shape index (κ1) is 13.6. The van der Waals surface area contributed by atoms with Gasteiger partial charge in [0.25, 0.3) is 0 Å². The largest absolute Gasteiger partial charge is 0.340 e. The lowest BCUT2D eigenvalue weighted by molar-refractivity contribution is -0.132. The summed E-state index contributed by atoms with van der Waals surface area (Å²) in [6.07, 6.45) is 1.90. The average molecular weight is 273 g/mol. The Hall–Kier alpha value is -1.39. The van der Waals surface area contributed by atoms with Crippen LogP contribution in [0.15, 0.2) is 24.3 Å². The highest BCUT2D eigenvalue weighted by molar-refractivity contribution is 5.83. The van der Waals surface area contributed by atoms with Crippen LogP contribution in [0.4, 0.5) is 0 Å². The quantitative estimate of drug-likeness (QED) is 0.868. The van der Waals surface area contributed by atoms with E-state index in [1.54, 1.807) is 0 Å². The van der Waals surface area contributed by atoms with Crippen molar-refractivity contribution in [1.82, 2.24) is 15.1 Å². The predicted molar refractivity (Wildman–Crippen MR) is 79.4 cm³/mol. The molecular formula is C16H23N3O. The van der Waals surface area contributed by atoms with Gasteiger partial charge in [0.1, 0.15) is 0 Å². The summed E-state index contributed by atoms with van der Waals surface area (Å²) in [4.78, 5) is 16.9. The van der Waals surface area contributed by atoms with E-state index in [9.17, 15) is 4.79 Å². The number of amides is 1. The molecule has 2 atom stereocenters. The van der Waals surface area contributed by atoms with Crippen LogP contribution in [0.2, 0.25) is 0 Å². The van der Waals surface area contributed by atoms with Crippen LogP contribution in [-0.4, -0.2) is 55.0 Å². The zero-order valence-corrected chi connectivity index (χ0v) is 12.3. The van der Waals surface area contributed by atoms with E-state index in [4.69, 9.17) is 0 Å². The molecule has 108 valence electrons. The Morgan fingerprint density at radius 1 is 1.30 bits per heavy atom. The van der Waals surface area contributed by atoms with E-state index in [-0.39, 0.29) is 11.9 Å². The molecule has 0 bridgehead atoms. The molecule has 2 aliphatic heterocycles. The molecule has 2 heterocycles. The van der Waals surface area contributed by atoms with E-state index in [0.717, 1.165) is 32.5 Å². The molecule has 1 saturated heterocycles. The van der Waals surface area contributed by atoms with Gasteiger partial charge in [-0.25, -0.2) is 0 Å². The van der Waals surface area contributed by atoms with Crippen molar-refractivity contribution in [3.05, 3.63) is 35.4 Å². The van der Waals surface area contributed by atoms with Crippen LogP contribution < -0.4 is 5.32 Å². The molecule has 0 saturated carbocycles. The molecule has 0 radical (unpaired) electrons. The summed E-state index contributed by atoms with van der Waals surface area (Å²) in [5, 5.41) is 3.39. The van der Waals surface area contributed by atoms with Gasteiger partial charge in [0.2, 0.25) is 5.91 Å². The van der Waals surface area contributed by atoms with Crippen LogP contribution in [0.25, 0.3) is 0 Å². The maximum atomic E-state index is 12.6. The zero-order valence-electron chi connectivity index (χ0n) is 12.3. The van der Waals surface area contributed by atoms with Gasteiger partial charge in [0, 0.05) is 25.7 Å². The molecule has 1 aromatic carbocycles. The SMILES string of the molecule is CN(C)C1CCN(C(=O)C2Cc3ccccc3CN2)C1. The van der Waals surface area contributed by atoms with Crippen LogP contribution in [0.1, 0.15) is 17.5 Å². The van der Waals surface area contributed by atoms with Crippen LogP contribution in [-0.2, 0) is 17.8 Å². The summed E-state index contributed by atoms with van der Waals surface area (Å²) < 4.78 is 0. The number of carbonyl (C=O) groups excluding carboxylic acids is 1. The van der Waals surface area contributed by atoms with E-state index < -0.39 is 0 Å². The van der Waals surface area contributed by atoms with Gasteiger partial charge in [-0.2, -0.15) is 0 Å². The molecule has 20 heavy (non-hydrogen) atoms. The van der Waals surface area contributed by atoms with E-state index in [1.807, 2.05) is 4.90 Å². The normalized spacial score (nSPS) is 25.9. The number of nitrogens with one attached hydrogen (secondary N) is 1. The van der Waals surface area contributed by atoms with E-state index in [0.29, 0.717) is 6.04 Å². The maximum absolute atomic E-state index is 12.6. The van der Waals surface area contributed by atoms with Crippen molar-refractivity contribution in [3.63, 3.8) is 0 Å². The number of carbonyl (C=O) groups is 1. The first-order valence-electron chi connectivity index (χ1n) is 7.40. The summed E-state index contributed by atoms with van der Waals surface area (Å²) in [6.45, 7) is 2.56. The summed E-state index contributed by atoms with van der Waals surface area (Å²) >= 11 is 0. The van der Waals surface area contributed by atoms with Gasteiger partial charge in [0.15, 0.2) is 0 Å². The van der Waals surface area contributed by atoms with Crippen molar-refractivity contribution < 1.29 is 4.79 Å². The van der Waals surface area contributed by atoms with Gasteiger partial charge in [-0.15, -0.1) is 0 Å². The molecule has 0 spiro atoms. The summed E-state index contributed by atoms with van der Waals surface area (Å²) in [5.74, 6) is 0.267. The fourth-order valence-corrected chi connectivity index (χ4v) is 3.21. The van der Waals surface area contributed by atoms with Gasteiger partial charge in [-0.1, -0.05) is 24.3 Å². The van der Waals surface area contributed by atoms with Crippen molar-refractivity contribution in [1.29, 1.82) is 0 Å². The molecule has 2 unspecified atom stereocenters. The number of rotatable bonds is 2. The Balaban J connectivity index is 1.65. The van der Waals surface area contributed by atoms with Gasteiger partial charge < -0.3 is 15.1 Å². The summed E-state index contributed by atoms with van der Waals surface area (Å²) in [7, 11) is 4.18. The van der Waals surface area contributed by atoms with Crippen molar-refractivity contribution in [2.24, 2.45) is 0 Å². The minimum atomic E-state index is -0.0502. The number of likely N-dealkylation sites (N-methyl/N-ethyl adjacent to an activating group) is 1. The number of benzene rings is 1. The van der Waals surface area contributed by atoms with E-state index in [2.05, 4.69) is 48.6 Å². The van der Waals surface area contributed by atoms with Gasteiger partial charge in [-0.05, 0) is 38.1 Å². The minimum absolute atomic E-state index is 0.0502. The standard InChI is InChI=1S/C16H23N3O/c1-18(2)14-7-8-19(11-14)16(20)15-9-12-5-3-4-6-13(12)10-17-15/h3-6,14-15,17H,7-11H2,1-2H3. The van der Waals surface area contributed by atoms with Crippen LogP contribution in [0, 0.1) is 0 Å². The van der Waals surface area contributed by atoms with Crippen molar-refractivity contribution in [2.75, 3.05) is 27.2 Å². The summed E-state index contributed by atoms with van der Waals surface area (Å²) in [5.41, 5.74) is 2.64. The summed E-state index contributed by atoms with van der Waals surface area (Å²) in [6, 6.07) is 8.86. The first-order chi connectivity index (χ1) is 9.65. The average Bonchev–Trinajstić information content (AvgIpc) is 2.96. The lowest BCUT2D eigenvalue weighted by Crippen LogP contribution is -2.49. The molecule has 1 fully saturated rings. The highest BCUT2D eigenvalue weighted by Crippen LogP contribution is 2.20. The van der Waals surface area contributed by atoms with Gasteiger partial charge in [0.05, 0.1) is 6.04 Å². The monoisotopic (exact) mass is 273 g/mol. The second-order valence-corrected chi connectivity index (χ2v) is 6.10. The Morgan fingerprint density at radius 3 is 2.75 bits per heavy atom. The fraction of sp³-hybridized carbons (Fsp3) is 0.562. The van der Waals surface area contributed by atoms with Crippen LogP contribution in [0.3, 0.4) is 0 Å². The maximum Gasteiger partial charge on any atom is 0.240 e. The fourth-order valence-electron chi connectivity index (χ4n) is 3.21. The van der Waals surface area contributed by atoms with Gasteiger partial charge >= 0.3 is 0 Å². The molecule has 1 aromatic rings. The highest BCUT2D eigenvalue weighted by atomic mass is 16.2. The van der Waals surface area contributed by atoms with Gasteiger partial charge in [-0.3, -0.25) is 4.79 Å². The molecule has 1 amide bonds. The minimum Gasteiger partial charge on any atom is -0.340 e.